The average molecular weight is 481 g/mol. The molecular formula is C30H64N4. The Bertz CT molecular complexity index is 508. The van der Waals surface area contributed by atoms with Crippen molar-refractivity contribution in [1.29, 1.82) is 0 Å². The van der Waals surface area contributed by atoms with Crippen LogP contribution in [0.2, 0.25) is 0 Å². The molecule has 2 heterocycles. The predicted molar refractivity (Wildman–Crippen MR) is 153 cm³/mol. The molecule has 1 spiro atoms. The van der Waals surface area contributed by atoms with E-state index in [-0.39, 0.29) is 0 Å². The summed E-state index contributed by atoms with van der Waals surface area (Å²) in [6, 6.07) is 2.06. The molecule has 4 nitrogen and oxygen atoms in total. The van der Waals surface area contributed by atoms with E-state index in [4.69, 9.17) is 0 Å². The van der Waals surface area contributed by atoms with Crippen LogP contribution >= 0.6 is 0 Å². The van der Waals surface area contributed by atoms with Crippen molar-refractivity contribution in [3.8, 4) is 0 Å². The first-order valence-corrected chi connectivity index (χ1v) is 14.8. The van der Waals surface area contributed by atoms with Crippen LogP contribution in [0, 0.1) is 16.7 Å². The highest BCUT2D eigenvalue weighted by Gasteiger charge is 2.47. The number of hydrogen-bond acceptors (Lipinski definition) is 4. The van der Waals surface area contributed by atoms with E-state index in [0.29, 0.717) is 22.9 Å². The van der Waals surface area contributed by atoms with Crippen molar-refractivity contribution in [2.24, 2.45) is 16.7 Å². The van der Waals surface area contributed by atoms with Crippen LogP contribution < -0.4 is 5.32 Å². The first kappa shape index (κ1) is 31.9. The molecule has 2 aliphatic heterocycles. The van der Waals surface area contributed by atoms with Gasteiger partial charge >= 0.3 is 0 Å². The quantitative estimate of drug-likeness (QED) is 0.414. The molecule has 2 saturated heterocycles. The third-order valence-corrected chi connectivity index (χ3v) is 8.35. The second-order valence-corrected chi connectivity index (χ2v) is 13.1. The van der Waals surface area contributed by atoms with Gasteiger partial charge in [0.2, 0.25) is 0 Å². The van der Waals surface area contributed by atoms with Gasteiger partial charge in [-0.15, -0.1) is 0 Å². The molecule has 3 aliphatic rings. The molecule has 4 heteroatoms. The summed E-state index contributed by atoms with van der Waals surface area (Å²) in [5.41, 5.74) is 1.32. The van der Waals surface area contributed by atoms with Gasteiger partial charge in [-0.1, -0.05) is 48.0 Å². The van der Waals surface area contributed by atoms with Crippen LogP contribution in [0.3, 0.4) is 0 Å². The number of nitrogens with one attached hydrogen (secondary N) is 1. The molecule has 0 amide bonds. The standard InChI is InChI=1S/C22H43N3.C5H13N.C3H8/c1-18(2)23(6)10-7-21(5)13-20(14-21)15-24-16-22(17-24)8-11-25(12-9-22)19(3)4;1-4-6-5(2)3;1-3-2/h18-20H,7-17H2,1-6H3;5-6H,4H2,1-3H3;3H2,1-2H3. The highest BCUT2D eigenvalue weighted by Crippen LogP contribution is 2.50. The summed E-state index contributed by atoms with van der Waals surface area (Å²) in [7, 11) is 2.27. The fraction of sp³-hybridized carbons (Fsp3) is 1.00. The van der Waals surface area contributed by atoms with E-state index < -0.39 is 0 Å². The topological polar surface area (TPSA) is 21.8 Å². The van der Waals surface area contributed by atoms with Crippen molar-refractivity contribution in [2.75, 3.05) is 52.9 Å². The van der Waals surface area contributed by atoms with Crippen molar-refractivity contribution < 1.29 is 0 Å². The molecule has 0 bridgehead atoms. The van der Waals surface area contributed by atoms with Gasteiger partial charge in [-0.05, 0) is 110 Å². The Morgan fingerprint density at radius 1 is 0.941 bits per heavy atom. The molecule has 0 atom stereocenters. The maximum atomic E-state index is 3.21. The number of piperidine rings is 1. The number of nitrogens with zero attached hydrogens (tertiary/aromatic N) is 3. The lowest BCUT2D eigenvalue weighted by molar-refractivity contribution is -0.0760. The van der Waals surface area contributed by atoms with Gasteiger partial charge in [0.15, 0.2) is 0 Å². The number of likely N-dealkylation sites (tertiary alicyclic amines) is 2. The molecule has 0 aromatic heterocycles. The van der Waals surface area contributed by atoms with Crippen molar-refractivity contribution in [1.82, 2.24) is 20.0 Å². The highest BCUT2D eigenvalue weighted by atomic mass is 15.2. The largest absolute Gasteiger partial charge is 0.315 e. The Hall–Kier alpha value is -0.160. The van der Waals surface area contributed by atoms with Crippen molar-refractivity contribution >= 4 is 0 Å². The van der Waals surface area contributed by atoms with Crippen LogP contribution in [0.1, 0.15) is 108 Å². The zero-order valence-electron chi connectivity index (χ0n) is 25.3. The molecular weight excluding hydrogens is 416 g/mol. The monoisotopic (exact) mass is 481 g/mol. The molecule has 0 aromatic carbocycles. The van der Waals surface area contributed by atoms with E-state index in [1.54, 1.807) is 0 Å². The van der Waals surface area contributed by atoms with Gasteiger partial charge < -0.3 is 20.0 Å². The zero-order chi connectivity index (χ0) is 25.9. The fourth-order valence-corrected chi connectivity index (χ4v) is 6.01. The first-order chi connectivity index (χ1) is 15.9. The second kappa shape index (κ2) is 15.2. The predicted octanol–water partition coefficient (Wildman–Crippen LogP) is 6.36. The van der Waals surface area contributed by atoms with Gasteiger partial charge in [-0.3, -0.25) is 0 Å². The molecule has 0 unspecified atom stereocenters. The maximum absolute atomic E-state index is 3.21. The summed E-state index contributed by atoms with van der Waals surface area (Å²) in [4.78, 5) is 7.94. The third-order valence-electron chi connectivity index (χ3n) is 8.35. The zero-order valence-corrected chi connectivity index (χ0v) is 25.3. The first-order valence-electron chi connectivity index (χ1n) is 14.8. The van der Waals surface area contributed by atoms with Crippen LogP contribution in [-0.2, 0) is 0 Å². The lowest BCUT2D eigenvalue weighted by atomic mass is 9.60. The van der Waals surface area contributed by atoms with Gasteiger partial charge in [0, 0.05) is 37.8 Å². The van der Waals surface area contributed by atoms with Crippen LogP contribution in [0.15, 0.2) is 0 Å². The minimum absolute atomic E-state index is 0.624. The van der Waals surface area contributed by atoms with Crippen LogP contribution in [0.4, 0.5) is 0 Å². The molecule has 204 valence electrons. The average Bonchev–Trinajstić information content (AvgIpc) is 2.71. The van der Waals surface area contributed by atoms with Gasteiger partial charge in [0.1, 0.15) is 0 Å². The minimum Gasteiger partial charge on any atom is -0.315 e. The summed E-state index contributed by atoms with van der Waals surface area (Å²) in [6.45, 7) is 31.6. The third kappa shape index (κ3) is 10.8. The van der Waals surface area contributed by atoms with Crippen molar-refractivity contribution in [3.05, 3.63) is 0 Å². The molecule has 0 aromatic rings. The summed E-state index contributed by atoms with van der Waals surface area (Å²) in [5.74, 6) is 0.974. The Labute approximate surface area is 215 Å². The molecule has 1 aliphatic carbocycles. The molecule has 3 fully saturated rings. The minimum atomic E-state index is 0.624. The fourth-order valence-electron chi connectivity index (χ4n) is 6.01. The molecule has 1 saturated carbocycles. The smallest absolute Gasteiger partial charge is 0.00516 e. The lowest BCUT2D eigenvalue weighted by Crippen LogP contribution is -2.62. The van der Waals surface area contributed by atoms with E-state index in [1.165, 1.54) is 77.8 Å². The maximum Gasteiger partial charge on any atom is 0.00516 e. The van der Waals surface area contributed by atoms with Crippen LogP contribution in [-0.4, -0.2) is 85.7 Å². The van der Waals surface area contributed by atoms with E-state index in [2.05, 4.69) is 96.3 Å². The van der Waals surface area contributed by atoms with E-state index in [1.807, 2.05) is 0 Å². The van der Waals surface area contributed by atoms with Crippen LogP contribution in [0.25, 0.3) is 0 Å². The normalized spacial score (nSPS) is 26.7. The molecule has 1 N–H and O–H groups in total. The number of rotatable bonds is 9. The molecule has 34 heavy (non-hydrogen) atoms. The van der Waals surface area contributed by atoms with Crippen LogP contribution in [0.5, 0.6) is 0 Å². The summed E-state index contributed by atoms with van der Waals surface area (Å²) in [5, 5.41) is 3.21. The van der Waals surface area contributed by atoms with E-state index >= 15 is 0 Å². The highest BCUT2D eigenvalue weighted by molar-refractivity contribution is 5.01. The van der Waals surface area contributed by atoms with Gasteiger partial charge in [-0.25, -0.2) is 0 Å². The molecule has 3 rings (SSSR count). The van der Waals surface area contributed by atoms with Gasteiger partial charge in [-0.2, -0.15) is 0 Å². The van der Waals surface area contributed by atoms with Crippen molar-refractivity contribution in [2.45, 2.75) is 126 Å². The summed E-state index contributed by atoms with van der Waals surface area (Å²) >= 11 is 0. The number of hydrogen-bond donors (Lipinski definition) is 1. The Kier molecular flexibility index (Phi) is 14.2. The second-order valence-electron chi connectivity index (χ2n) is 13.1. The van der Waals surface area contributed by atoms with Crippen molar-refractivity contribution in [3.63, 3.8) is 0 Å². The van der Waals surface area contributed by atoms with E-state index in [9.17, 15) is 0 Å². The van der Waals surface area contributed by atoms with Gasteiger partial charge in [0.05, 0.1) is 0 Å². The van der Waals surface area contributed by atoms with Gasteiger partial charge in [0.25, 0.3) is 0 Å². The Morgan fingerprint density at radius 3 is 1.85 bits per heavy atom. The summed E-state index contributed by atoms with van der Waals surface area (Å²) in [6.07, 6.45) is 8.43. The molecule has 0 radical (unpaired) electrons. The lowest BCUT2D eigenvalue weighted by Gasteiger charge is -2.57. The Balaban J connectivity index is 0.000000551. The summed E-state index contributed by atoms with van der Waals surface area (Å²) < 4.78 is 0. The SMILES string of the molecule is CC(C)N(C)CCC1(C)CC(CN2CC3(CCN(C(C)C)CC3)C2)C1.CCC.CCNC(C)C. The Morgan fingerprint density at radius 2 is 1.47 bits per heavy atom. The van der Waals surface area contributed by atoms with E-state index in [0.717, 1.165) is 18.5 Å².